The van der Waals surface area contributed by atoms with Gasteiger partial charge in [0.2, 0.25) is 5.91 Å². The lowest BCUT2D eigenvalue weighted by atomic mass is 9.92. The highest BCUT2D eigenvalue weighted by atomic mass is 16.5. The van der Waals surface area contributed by atoms with Crippen molar-refractivity contribution < 1.29 is 14.3 Å². The molecule has 1 aromatic carbocycles. The lowest BCUT2D eigenvalue weighted by Crippen LogP contribution is -2.38. The molecule has 1 aromatic rings. The van der Waals surface area contributed by atoms with Crippen LogP contribution in [0, 0.1) is 0 Å². The van der Waals surface area contributed by atoms with Crippen molar-refractivity contribution in [2.75, 3.05) is 33.1 Å². The summed E-state index contributed by atoms with van der Waals surface area (Å²) in [4.78, 5) is 14.4. The number of carbonyl (C=O) groups is 1. The largest absolute Gasteiger partial charge is 0.497 e. The van der Waals surface area contributed by atoms with Crippen LogP contribution >= 0.6 is 0 Å². The van der Waals surface area contributed by atoms with E-state index in [0.29, 0.717) is 18.6 Å². The summed E-state index contributed by atoms with van der Waals surface area (Å²) in [6.45, 7) is 0.776. The summed E-state index contributed by atoms with van der Waals surface area (Å²) in [7, 11) is 5.52. The summed E-state index contributed by atoms with van der Waals surface area (Å²) in [6.07, 6.45) is 5.43. The summed E-state index contributed by atoms with van der Waals surface area (Å²) in [5.74, 6) is 0.783. The molecule has 0 atom stereocenters. The molecule has 1 fully saturated rings. The molecular weight excluding hydrogens is 292 g/mol. The summed E-state index contributed by atoms with van der Waals surface area (Å²) >= 11 is 0. The fourth-order valence-corrected chi connectivity index (χ4v) is 3.11. The number of hydrogen-bond donors (Lipinski definition) is 1. The van der Waals surface area contributed by atoms with Gasteiger partial charge in [-0.25, -0.2) is 0 Å². The Bertz CT molecular complexity index is 499. The Kier molecular flexibility index (Phi) is 6.86. The van der Waals surface area contributed by atoms with Crippen molar-refractivity contribution in [2.24, 2.45) is 0 Å². The first-order valence-corrected chi connectivity index (χ1v) is 8.29. The molecule has 1 aliphatic carbocycles. The Labute approximate surface area is 139 Å². The fraction of sp³-hybridized carbons (Fsp3) is 0.611. The lowest BCUT2D eigenvalue weighted by Gasteiger charge is -2.34. The van der Waals surface area contributed by atoms with E-state index in [0.717, 1.165) is 43.7 Å². The minimum Gasteiger partial charge on any atom is -0.497 e. The number of nitrogens with one attached hydrogen (secondary N) is 1. The average Bonchev–Trinajstić information content (AvgIpc) is 2.60. The van der Waals surface area contributed by atoms with Crippen molar-refractivity contribution in [3.63, 3.8) is 0 Å². The van der Waals surface area contributed by atoms with Crippen LogP contribution in [0.5, 0.6) is 5.75 Å². The molecule has 1 N–H and O–H groups in total. The monoisotopic (exact) mass is 320 g/mol. The lowest BCUT2D eigenvalue weighted by molar-refractivity contribution is -0.116. The van der Waals surface area contributed by atoms with Crippen LogP contribution in [0.4, 0.5) is 5.69 Å². The molecule has 0 radical (unpaired) electrons. The average molecular weight is 320 g/mol. The first-order valence-electron chi connectivity index (χ1n) is 8.29. The number of benzene rings is 1. The molecule has 1 aliphatic rings. The second kappa shape index (κ2) is 8.89. The third kappa shape index (κ3) is 5.52. The van der Waals surface area contributed by atoms with Gasteiger partial charge in [-0.3, -0.25) is 4.79 Å². The van der Waals surface area contributed by atoms with Gasteiger partial charge in [-0.05, 0) is 44.9 Å². The molecule has 1 saturated carbocycles. The van der Waals surface area contributed by atoms with Crippen LogP contribution in [-0.2, 0) is 9.53 Å². The highest BCUT2D eigenvalue weighted by Crippen LogP contribution is 2.24. The summed E-state index contributed by atoms with van der Waals surface area (Å²) < 4.78 is 10.6. The number of amides is 1. The number of methoxy groups -OCH3 is 2. The van der Waals surface area contributed by atoms with Gasteiger partial charge in [-0.15, -0.1) is 0 Å². The molecule has 0 saturated heterocycles. The molecule has 5 heteroatoms. The highest BCUT2D eigenvalue weighted by molar-refractivity contribution is 5.91. The number of nitrogens with zero attached hydrogens (tertiary/aromatic N) is 1. The van der Waals surface area contributed by atoms with Crippen molar-refractivity contribution in [3.8, 4) is 5.75 Å². The van der Waals surface area contributed by atoms with Crippen molar-refractivity contribution in [1.82, 2.24) is 4.90 Å². The second-order valence-corrected chi connectivity index (χ2v) is 6.18. The van der Waals surface area contributed by atoms with E-state index in [-0.39, 0.29) is 5.91 Å². The van der Waals surface area contributed by atoms with Crippen molar-refractivity contribution in [1.29, 1.82) is 0 Å². The van der Waals surface area contributed by atoms with Crippen LogP contribution in [0.3, 0.4) is 0 Å². The van der Waals surface area contributed by atoms with Crippen LogP contribution in [0.25, 0.3) is 0 Å². The molecule has 0 heterocycles. The quantitative estimate of drug-likeness (QED) is 0.839. The summed E-state index contributed by atoms with van der Waals surface area (Å²) in [6, 6.07) is 7.99. The van der Waals surface area contributed by atoms with E-state index in [9.17, 15) is 4.79 Å². The van der Waals surface area contributed by atoms with Gasteiger partial charge in [0.15, 0.2) is 0 Å². The smallest absolute Gasteiger partial charge is 0.225 e. The predicted octanol–water partition coefficient (Wildman–Crippen LogP) is 2.91. The van der Waals surface area contributed by atoms with E-state index in [4.69, 9.17) is 9.47 Å². The molecule has 1 amide bonds. The van der Waals surface area contributed by atoms with Gasteiger partial charge in [0, 0.05) is 37.9 Å². The van der Waals surface area contributed by atoms with Crippen molar-refractivity contribution in [2.45, 2.75) is 44.2 Å². The van der Waals surface area contributed by atoms with Crippen LogP contribution < -0.4 is 10.1 Å². The molecular formula is C18H28N2O3. The Hall–Kier alpha value is -1.59. The molecule has 0 bridgehead atoms. The summed E-state index contributed by atoms with van der Waals surface area (Å²) in [5, 5.41) is 2.93. The van der Waals surface area contributed by atoms with E-state index in [2.05, 4.69) is 17.3 Å². The van der Waals surface area contributed by atoms with Crippen LogP contribution in [-0.4, -0.2) is 50.8 Å². The highest BCUT2D eigenvalue weighted by Gasteiger charge is 2.23. The number of carbonyl (C=O) groups excluding carboxylic acids is 1. The molecule has 23 heavy (non-hydrogen) atoms. The normalized spacial score (nSPS) is 21.2. The van der Waals surface area contributed by atoms with E-state index in [1.165, 1.54) is 0 Å². The maximum Gasteiger partial charge on any atom is 0.225 e. The molecule has 0 aromatic heterocycles. The van der Waals surface area contributed by atoms with Gasteiger partial charge in [-0.1, -0.05) is 6.07 Å². The van der Waals surface area contributed by atoms with E-state index in [1.807, 2.05) is 24.3 Å². The maximum atomic E-state index is 12.1. The first kappa shape index (κ1) is 17.8. The zero-order valence-electron chi connectivity index (χ0n) is 14.4. The third-order valence-corrected chi connectivity index (χ3v) is 4.65. The van der Waals surface area contributed by atoms with E-state index < -0.39 is 0 Å². The van der Waals surface area contributed by atoms with Gasteiger partial charge in [0.25, 0.3) is 0 Å². The van der Waals surface area contributed by atoms with Crippen LogP contribution in [0.2, 0.25) is 0 Å². The fourth-order valence-electron chi connectivity index (χ4n) is 3.11. The first-order chi connectivity index (χ1) is 11.1. The van der Waals surface area contributed by atoms with Gasteiger partial charge >= 0.3 is 0 Å². The zero-order chi connectivity index (χ0) is 16.7. The minimum absolute atomic E-state index is 0.0377. The standard InChI is InChI=1S/C18H28N2O3/c1-20(15-7-9-16(22-2)10-8-15)12-11-18(21)19-14-5-4-6-17(13-14)23-3/h4-6,13,15-16H,7-12H2,1-3H3,(H,19,21). The Morgan fingerprint density at radius 2 is 2.00 bits per heavy atom. The van der Waals surface area contributed by atoms with Crippen LogP contribution in [0.15, 0.2) is 24.3 Å². The topological polar surface area (TPSA) is 50.8 Å². The Morgan fingerprint density at radius 1 is 1.26 bits per heavy atom. The minimum atomic E-state index is 0.0377. The summed E-state index contributed by atoms with van der Waals surface area (Å²) in [5.41, 5.74) is 0.776. The molecule has 5 nitrogen and oxygen atoms in total. The second-order valence-electron chi connectivity index (χ2n) is 6.18. The predicted molar refractivity (Wildman–Crippen MR) is 91.9 cm³/mol. The third-order valence-electron chi connectivity index (χ3n) is 4.65. The van der Waals surface area contributed by atoms with Gasteiger partial charge in [-0.2, -0.15) is 0 Å². The number of ether oxygens (including phenoxy) is 2. The van der Waals surface area contributed by atoms with Gasteiger partial charge in [0.05, 0.1) is 13.2 Å². The molecule has 0 aliphatic heterocycles. The van der Waals surface area contributed by atoms with Crippen LogP contribution in [0.1, 0.15) is 32.1 Å². The maximum absolute atomic E-state index is 12.1. The van der Waals surface area contributed by atoms with E-state index >= 15 is 0 Å². The van der Waals surface area contributed by atoms with Crippen molar-refractivity contribution >= 4 is 11.6 Å². The number of anilines is 1. The van der Waals surface area contributed by atoms with Crippen molar-refractivity contribution in [3.05, 3.63) is 24.3 Å². The number of rotatable bonds is 7. The molecule has 2 rings (SSSR count). The molecule has 0 unspecified atom stereocenters. The SMILES string of the molecule is COc1cccc(NC(=O)CCN(C)C2CCC(OC)CC2)c1. The zero-order valence-corrected chi connectivity index (χ0v) is 14.4. The number of hydrogen-bond acceptors (Lipinski definition) is 4. The molecule has 128 valence electrons. The van der Waals surface area contributed by atoms with E-state index in [1.54, 1.807) is 14.2 Å². The molecule has 0 spiro atoms. The van der Waals surface area contributed by atoms with Gasteiger partial charge < -0.3 is 19.7 Å². The van der Waals surface area contributed by atoms with Gasteiger partial charge in [0.1, 0.15) is 5.75 Å². The Morgan fingerprint density at radius 3 is 2.65 bits per heavy atom. The Balaban J connectivity index is 1.73.